The number of aromatic nitrogens is 2. The highest BCUT2D eigenvalue weighted by molar-refractivity contribution is 14.1. The molecule has 0 saturated carbocycles. The summed E-state index contributed by atoms with van der Waals surface area (Å²) in [5, 5.41) is 0. The van der Waals surface area contributed by atoms with Gasteiger partial charge in [-0.3, -0.25) is 0 Å². The molecule has 0 aliphatic heterocycles. The first-order valence-corrected chi connectivity index (χ1v) is 8.18. The van der Waals surface area contributed by atoms with Crippen molar-refractivity contribution >= 4 is 39.6 Å². The number of hydrogen-bond donors (Lipinski definition) is 1. The van der Waals surface area contributed by atoms with Crippen LogP contribution < -0.4 is 5.73 Å². The molecule has 3 nitrogen and oxygen atoms in total. The van der Waals surface area contributed by atoms with E-state index < -0.39 is 0 Å². The highest BCUT2D eigenvalue weighted by Gasteiger charge is 2.16. The Morgan fingerprint density at radius 3 is 2.74 bits per heavy atom. The molecular formula is C15H22IN3. The fourth-order valence-electron chi connectivity index (χ4n) is 2.65. The summed E-state index contributed by atoms with van der Waals surface area (Å²) in [4.78, 5) is 4.52. The molecule has 1 heterocycles. The van der Waals surface area contributed by atoms with Crippen molar-refractivity contribution in [2.45, 2.75) is 52.0 Å². The Balaban J connectivity index is 2.42. The average Bonchev–Trinajstić information content (AvgIpc) is 2.69. The first-order chi connectivity index (χ1) is 9.17. The van der Waals surface area contributed by atoms with Crippen LogP contribution in [-0.2, 0) is 0 Å². The number of nitrogens with two attached hydrogens (primary N) is 1. The highest BCUT2D eigenvalue weighted by Crippen LogP contribution is 2.29. The maximum absolute atomic E-state index is 6.16. The molecule has 2 N–H and O–H groups in total. The molecule has 0 aliphatic carbocycles. The van der Waals surface area contributed by atoms with Gasteiger partial charge in [-0.25, -0.2) is 4.98 Å². The summed E-state index contributed by atoms with van der Waals surface area (Å²) in [6, 6.07) is 6.86. The van der Waals surface area contributed by atoms with Gasteiger partial charge in [-0.2, -0.15) is 0 Å². The quantitative estimate of drug-likeness (QED) is 0.745. The van der Waals surface area contributed by atoms with Crippen LogP contribution in [0, 0.1) is 3.57 Å². The third kappa shape index (κ3) is 3.22. The predicted molar refractivity (Wildman–Crippen MR) is 90.3 cm³/mol. The fraction of sp³-hybridized carbons (Fsp3) is 0.533. The number of nitrogen functional groups attached to an aromatic ring is 1. The maximum Gasteiger partial charge on any atom is 0.201 e. The van der Waals surface area contributed by atoms with E-state index in [4.69, 9.17) is 5.73 Å². The van der Waals surface area contributed by atoms with Crippen molar-refractivity contribution < 1.29 is 0 Å². The summed E-state index contributed by atoms with van der Waals surface area (Å²) in [5.74, 6) is 0.659. The van der Waals surface area contributed by atoms with Crippen LogP contribution in [0.1, 0.15) is 52.0 Å². The van der Waals surface area contributed by atoms with E-state index in [0.29, 0.717) is 12.0 Å². The Morgan fingerprint density at radius 1 is 1.26 bits per heavy atom. The monoisotopic (exact) mass is 371 g/mol. The molecule has 0 bridgehead atoms. The van der Waals surface area contributed by atoms with Crippen LogP contribution in [0.2, 0.25) is 0 Å². The predicted octanol–water partition coefficient (Wildman–Crippen LogP) is 4.75. The van der Waals surface area contributed by atoms with Gasteiger partial charge in [0.05, 0.1) is 11.0 Å². The molecule has 0 spiro atoms. The zero-order valence-electron chi connectivity index (χ0n) is 11.7. The number of benzene rings is 1. The second-order valence-corrected chi connectivity index (χ2v) is 6.30. The number of hydrogen-bond acceptors (Lipinski definition) is 2. The molecule has 0 saturated heterocycles. The van der Waals surface area contributed by atoms with E-state index in [2.05, 4.69) is 64.2 Å². The molecule has 0 amide bonds. The molecular weight excluding hydrogens is 349 g/mol. The van der Waals surface area contributed by atoms with Crippen molar-refractivity contribution in [1.82, 2.24) is 9.55 Å². The molecule has 2 aromatic rings. The van der Waals surface area contributed by atoms with Crippen LogP contribution in [0.3, 0.4) is 0 Å². The van der Waals surface area contributed by atoms with Gasteiger partial charge in [0.1, 0.15) is 0 Å². The fourth-order valence-corrected chi connectivity index (χ4v) is 3.12. The largest absolute Gasteiger partial charge is 0.369 e. The van der Waals surface area contributed by atoms with E-state index in [9.17, 15) is 0 Å². The van der Waals surface area contributed by atoms with Gasteiger partial charge in [0.15, 0.2) is 0 Å². The molecule has 1 aromatic heterocycles. The number of unbranched alkanes of at least 4 members (excludes halogenated alkanes) is 1. The summed E-state index contributed by atoms with van der Waals surface area (Å²) in [5.41, 5.74) is 8.35. The first-order valence-electron chi connectivity index (χ1n) is 7.10. The lowest BCUT2D eigenvalue weighted by Gasteiger charge is -2.20. The minimum absolute atomic E-state index is 0.481. The second-order valence-electron chi connectivity index (χ2n) is 5.06. The van der Waals surface area contributed by atoms with Crippen molar-refractivity contribution in [3.05, 3.63) is 21.8 Å². The minimum Gasteiger partial charge on any atom is -0.369 e. The molecule has 2 rings (SSSR count). The second kappa shape index (κ2) is 6.59. The molecule has 0 radical (unpaired) electrons. The third-order valence-electron chi connectivity index (χ3n) is 3.56. The summed E-state index contributed by atoms with van der Waals surface area (Å²) < 4.78 is 3.44. The van der Waals surface area contributed by atoms with E-state index in [-0.39, 0.29) is 0 Å². The summed E-state index contributed by atoms with van der Waals surface area (Å²) in [7, 11) is 0. The van der Waals surface area contributed by atoms with Crippen LogP contribution in [0.25, 0.3) is 11.0 Å². The van der Waals surface area contributed by atoms with Gasteiger partial charge in [0.25, 0.3) is 0 Å². The van der Waals surface area contributed by atoms with E-state index in [1.54, 1.807) is 0 Å². The lowest BCUT2D eigenvalue weighted by atomic mass is 10.0. The van der Waals surface area contributed by atoms with E-state index in [0.717, 1.165) is 5.52 Å². The Hall–Kier alpha value is -0.780. The average molecular weight is 371 g/mol. The minimum atomic E-state index is 0.481. The molecule has 1 aromatic carbocycles. The third-order valence-corrected chi connectivity index (χ3v) is 4.23. The van der Waals surface area contributed by atoms with Crippen molar-refractivity contribution in [1.29, 1.82) is 0 Å². The van der Waals surface area contributed by atoms with Crippen molar-refractivity contribution in [2.75, 3.05) is 5.73 Å². The lowest BCUT2D eigenvalue weighted by Crippen LogP contribution is -2.12. The number of imidazole rings is 1. The van der Waals surface area contributed by atoms with Gasteiger partial charge < -0.3 is 10.3 Å². The molecule has 0 fully saturated rings. The van der Waals surface area contributed by atoms with Gasteiger partial charge in [0, 0.05) is 9.61 Å². The number of fused-ring (bicyclic) bond motifs is 1. The van der Waals surface area contributed by atoms with Gasteiger partial charge in [-0.05, 0) is 53.6 Å². The number of rotatable bonds is 6. The SMILES string of the molecule is CCCCC(CCC)n1c(N)nc2cc(I)ccc21. The normalized spacial score (nSPS) is 13.0. The summed E-state index contributed by atoms with van der Waals surface area (Å²) in [6.45, 7) is 4.47. The van der Waals surface area contributed by atoms with Crippen LogP contribution in [0.4, 0.5) is 5.95 Å². The number of halogens is 1. The van der Waals surface area contributed by atoms with E-state index in [1.807, 2.05) is 0 Å². The van der Waals surface area contributed by atoms with Crippen molar-refractivity contribution in [2.24, 2.45) is 0 Å². The Morgan fingerprint density at radius 2 is 2.05 bits per heavy atom. The van der Waals surface area contributed by atoms with Crippen LogP contribution in [0.5, 0.6) is 0 Å². The summed E-state index contributed by atoms with van der Waals surface area (Å²) in [6.07, 6.45) is 6.00. The van der Waals surface area contributed by atoms with E-state index >= 15 is 0 Å². The molecule has 19 heavy (non-hydrogen) atoms. The number of anilines is 1. The highest BCUT2D eigenvalue weighted by atomic mass is 127. The molecule has 0 aliphatic rings. The topological polar surface area (TPSA) is 43.8 Å². The van der Waals surface area contributed by atoms with Crippen LogP contribution in [-0.4, -0.2) is 9.55 Å². The zero-order chi connectivity index (χ0) is 13.8. The maximum atomic E-state index is 6.16. The van der Waals surface area contributed by atoms with Gasteiger partial charge in [-0.1, -0.05) is 33.1 Å². The van der Waals surface area contributed by atoms with Gasteiger partial charge >= 0.3 is 0 Å². The van der Waals surface area contributed by atoms with Gasteiger partial charge in [0.2, 0.25) is 5.95 Å². The van der Waals surface area contributed by atoms with Crippen LogP contribution >= 0.6 is 22.6 Å². The van der Waals surface area contributed by atoms with E-state index in [1.165, 1.54) is 41.2 Å². The van der Waals surface area contributed by atoms with Crippen molar-refractivity contribution in [3.8, 4) is 0 Å². The Kier molecular flexibility index (Phi) is 5.07. The van der Waals surface area contributed by atoms with Gasteiger partial charge in [-0.15, -0.1) is 0 Å². The zero-order valence-corrected chi connectivity index (χ0v) is 13.9. The van der Waals surface area contributed by atoms with Crippen molar-refractivity contribution in [3.63, 3.8) is 0 Å². The summed E-state index contributed by atoms with van der Waals surface area (Å²) >= 11 is 2.32. The lowest BCUT2D eigenvalue weighted by molar-refractivity contribution is 0.430. The number of nitrogens with zero attached hydrogens (tertiary/aromatic N) is 2. The standard InChI is InChI=1S/C15H22IN3/c1-3-5-7-12(6-4-2)19-14-9-8-11(16)10-13(14)18-15(19)17/h8-10,12H,3-7H2,1-2H3,(H2,17,18). The Bertz CT molecular complexity index is 548. The molecule has 104 valence electrons. The smallest absolute Gasteiger partial charge is 0.201 e. The van der Waals surface area contributed by atoms with Crippen LogP contribution in [0.15, 0.2) is 18.2 Å². The Labute approximate surface area is 128 Å². The molecule has 4 heteroatoms. The molecule has 1 unspecified atom stereocenters. The first kappa shape index (κ1) is 14.6. The molecule has 1 atom stereocenters.